The van der Waals surface area contributed by atoms with Gasteiger partial charge in [0.2, 0.25) is 0 Å². The molecule has 0 aliphatic heterocycles. The lowest BCUT2D eigenvalue weighted by Gasteiger charge is -2.08. The third-order valence-electron chi connectivity index (χ3n) is 3.51. The third-order valence-corrected chi connectivity index (χ3v) is 4.82. The lowest BCUT2D eigenvalue weighted by atomic mass is 10.1. The molecular weight excluding hydrogens is 272 g/mol. The van der Waals surface area contributed by atoms with Crippen molar-refractivity contribution in [2.45, 2.75) is 0 Å². The minimum absolute atomic E-state index is 0.626. The summed E-state index contributed by atoms with van der Waals surface area (Å²) in [7, 11) is 0.626. The van der Waals surface area contributed by atoms with E-state index in [0.29, 0.717) is 9.52 Å². The lowest BCUT2D eigenvalue weighted by molar-refractivity contribution is 1.38. The Hall–Kier alpha value is -2.52. The molecule has 2 aromatic heterocycles. The van der Waals surface area contributed by atoms with Gasteiger partial charge in [-0.1, -0.05) is 53.7 Å². The summed E-state index contributed by atoms with van der Waals surface area (Å²) in [4.78, 5) is 9.05. The molecule has 4 rings (SSSR count). The monoisotopic (exact) mass is 284 g/mol. The fourth-order valence-corrected chi connectivity index (χ4v) is 3.79. The van der Waals surface area contributed by atoms with Crippen LogP contribution in [0.25, 0.3) is 21.8 Å². The van der Waals surface area contributed by atoms with Crippen molar-refractivity contribution in [2.75, 3.05) is 0 Å². The van der Waals surface area contributed by atoms with Crippen molar-refractivity contribution in [1.29, 1.82) is 0 Å². The van der Waals surface area contributed by atoms with Crippen molar-refractivity contribution in [3.05, 3.63) is 73.1 Å². The molecule has 0 saturated carbocycles. The number of aromatic nitrogens is 2. The highest BCUT2D eigenvalue weighted by molar-refractivity contribution is 6.70. The fourth-order valence-electron chi connectivity index (χ4n) is 2.56. The van der Waals surface area contributed by atoms with Crippen LogP contribution < -0.4 is 10.4 Å². The Bertz CT molecular complexity index is 920. The van der Waals surface area contributed by atoms with Crippen LogP contribution in [-0.4, -0.2) is 19.5 Å². The molecule has 0 aliphatic carbocycles. The number of benzene rings is 2. The first kappa shape index (κ1) is 12.2. The molecule has 0 spiro atoms. The lowest BCUT2D eigenvalue weighted by Crippen LogP contribution is -2.27. The van der Waals surface area contributed by atoms with E-state index in [1.807, 2.05) is 24.5 Å². The molecule has 0 N–H and O–H groups in total. The second-order valence-corrected chi connectivity index (χ2v) is 6.26. The zero-order valence-corrected chi connectivity index (χ0v) is 12.3. The van der Waals surface area contributed by atoms with E-state index in [1.165, 1.54) is 15.8 Å². The number of hydrogen-bond acceptors (Lipinski definition) is 2. The van der Waals surface area contributed by atoms with E-state index < -0.39 is 0 Å². The van der Waals surface area contributed by atoms with Crippen molar-refractivity contribution in [3.63, 3.8) is 0 Å². The Balaban J connectivity index is 1.98. The number of hydrogen-bond donors (Lipinski definition) is 0. The van der Waals surface area contributed by atoms with Crippen LogP contribution in [0.15, 0.2) is 73.1 Å². The van der Waals surface area contributed by atoms with Crippen LogP contribution in [0.5, 0.6) is 0 Å². The van der Waals surface area contributed by atoms with Crippen molar-refractivity contribution in [3.8, 4) is 0 Å². The van der Waals surface area contributed by atoms with E-state index in [4.69, 9.17) is 0 Å². The van der Waals surface area contributed by atoms with E-state index in [0.717, 1.165) is 16.4 Å². The molecule has 21 heavy (non-hydrogen) atoms. The van der Waals surface area contributed by atoms with Crippen LogP contribution in [0.4, 0.5) is 0 Å². The molecule has 0 saturated heterocycles. The van der Waals surface area contributed by atoms with Gasteiger partial charge in [-0.25, -0.2) is 0 Å². The van der Waals surface area contributed by atoms with Crippen LogP contribution in [0.3, 0.4) is 0 Å². The first-order valence-corrected chi connectivity index (χ1v) is 7.86. The average Bonchev–Trinajstić information content (AvgIpc) is 2.56. The molecule has 0 aliphatic rings. The highest BCUT2D eigenvalue weighted by Gasteiger charge is 2.09. The molecule has 2 radical (unpaired) electrons. The second-order valence-electron chi connectivity index (χ2n) is 4.89. The molecule has 0 bridgehead atoms. The summed E-state index contributed by atoms with van der Waals surface area (Å²) in [6, 6.07) is 21.1. The summed E-state index contributed by atoms with van der Waals surface area (Å²) in [5.41, 5.74) is 1.98. The molecule has 0 amide bonds. The smallest absolute Gasteiger partial charge is 0.122 e. The minimum Gasteiger partial charge on any atom is -0.254 e. The molecule has 2 heterocycles. The Labute approximate surface area is 125 Å². The maximum absolute atomic E-state index is 4.55. The van der Waals surface area contributed by atoms with E-state index >= 15 is 0 Å². The summed E-state index contributed by atoms with van der Waals surface area (Å²) in [5, 5.41) is 5.02. The number of fused-ring (bicyclic) bond motifs is 3. The van der Waals surface area contributed by atoms with Crippen molar-refractivity contribution in [1.82, 2.24) is 9.97 Å². The van der Waals surface area contributed by atoms with Crippen LogP contribution in [0.2, 0.25) is 0 Å². The molecule has 98 valence electrons. The van der Waals surface area contributed by atoms with Crippen LogP contribution in [0.1, 0.15) is 0 Å². The number of rotatable bonds is 2. The maximum Gasteiger partial charge on any atom is 0.122 e. The van der Waals surface area contributed by atoms with Gasteiger partial charge in [0.05, 0.1) is 11.0 Å². The normalized spacial score (nSPS) is 11.0. The predicted molar refractivity (Wildman–Crippen MR) is 88.5 cm³/mol. The maximum atomic E-state index is 4.55. The van der Waals surface area contributed by atoms with Gasteiger partial charge in [-0.2, -0.15) is 0 Å². The zero-order chi connectivity index (χ0) is 14.1. The molecule has 4 aromatic rings. The summed E-state index contributed by atoms with van der Waals surface area (Å²) in [6.45, 7) is 0. The van der Waals surface area contributed by atoms with Gasteiger partial charge in [-0.3, -0.25) is 9.97 Å². The van der Waals surface area contributed by atoms with Crippen molar-refractivity contribution in [2.24, 2.45) is 0 Å². The molecule has 2 aromatic carbocycles. The Morgan fingerprint density at radius 2 is 1.48 bits per heavy atom. The topological polar surface area (TPSA) is 25.8 Å². The van der Waals surface area contributed by atoms with Gasteiger partial charge in [0.1, 0.15) is 9.52 Å². The Morgan fingerprint density at radius 3 is 2.33 bits per heavy atom. The highest BCUT2D eigenvalue weighted by Crippen LogP contribution is 2.19. The number of pyridine rings is 2. The van der Waals surface area contributed by atoms with Crippen molar-refractivity contribution < 1.29 is 0 Å². The van der Waals surface area contributed by atoms with Gasteiger partial charge in [0, 0.05) is 23.2 Å². The number of nitrogens with zero attached hydrogens (tertiary/aromatic N) is 2. The summed E-state index contributed by atoms with van der Waals surface area (Å²) < 4.78 is 0. The van der Waals surface area contributed by atoms with Crippen LogP contribution in [0, 0.1) is 0 Å². The van der Waals surface area contributed by atoms with Crippen LogP contribution >= 0.6 is 0 Å². The quantitative estimate of drug-likeness (QED) is 0.417. The predicted octanol–water partition coefficient (Wildman–Crippen LogP) is 2.44. The molecule has 0 unspecified atom stereocenters. The molecule has 3 heteroatoms. The van der Waals surface area contributed by atoms with E-state index in [-0.39, 0.29) is 0 Å². The molecule has 0 atom stereocenters. The summed E-state index contributed by atoms with van der Waals surface area (Å²) in [5.74, 6) is 0. The van der Waals surface area contributed by atoms with Gasteiger partial charge in [-0.05, 0) is 17.3 Å². The van der Waals surface area contributed by atoms with E-state index in [1.54, 1.807) is 0 Å². The zero-order valence-electron chi connectivity index (χ0n) is 11.3. The average molecular weight is 284 g/mol. The Kier molecular flexibility index (Phi) is 2.98. The van der Waals surface area contributed by atoms with Crippen LogP contribution in [-0.2, 0) is 0 Å². The third kappa shape index (κ3) is 2.21. The second kappa shape index (κ2) is 5.11. The highest BCUT2D eigenvalue weighted by atomic mass is 28.2. The van der Waals surface area contributed by atoms with E-state index in [2.05, 4.69) is 58.5 Å². The molecule has 0 fully saturated rings. The minimum atomic E-state index is 0.626. The van der Waals surface area contributed by atoms with Gasteiger partial charge >= 0.3 is 0 Å². The Morgan fingerprint density at radius 1 is 0.714 bits per heavy atom. The van der Waals surface area contributed by atoms with E-state index in [9.17, 15) is 0 Å². The van der Waals surface area contributed by atoms with Gasteiger partial charge < -0.3 is 0 Å². The van der Waals surface area contributed by atoms with Gasteiger partial charge in [0.25, 0.3) is 0 Å². The first-order chi connectivity index (χ1) is 10.4. The van der Waals surface area contributed by atoms with Crippen molar-refractivity contribution >= 4 is 41.7 Å². The summed E-state index contributed by atoms with van der Waals surface area (Å²) >= 11 is 0. The molecular formula is C18H12N2Si. The molecule has 2 nitrogen and oxygen atoms in total. The standard InChI is InChI=1S/C18H12N2Si/c1-2-7-14(8-3-1)21-16-12-13-6-4-10-19-17(13)18-15(16)9-5-11-20-18/h1-12H. The fraction of sp³-hybridized carbons (Fsp3) is 0. The summed E-state index contributed by atoms with van der Waals surface area (Å²) in [6.07, 6.45) is 3.67. The van der Waals surface area contributed by atoms with Gasteiger partial charge in [-0.15, -0.1) is 0 Å². The SMILES string of the molecule is c1ccc([Si]c2cc3cccnc3c3ncccc23)cc1. The first-order valence-electron chi connectivity index (χ1n) is 6.86. The largest absolute Gasteiger partial charge is 0.254 e. The van der Waals surface area contributed by atoms with Gasteiger partial charge in [0.15, 0.2) is 0 Å².